The number of nitrogens with zero attached hydrogens (tertiary/aromatic N) is 3. The lowest BCUT2D eigenvalue weighted by Gasteiger charge is -2.26. The number of hydrogen-bond donors (Lipinski definition) is 1. The zero-order valence-electron chi connectivity index (χ0n) is 11.7. The largest absolute Gasteiger partial charge is 0.494 e. The molecule has 0 aliphatic carbocycles. The van der Waals surface area contributed by atoms with Gasteiger partial charge in [0, 0.05) is 26.2 Å². The number of fused-ring (bicyclic) bond motifs is 1. The summed E-state index contributed by atoms with van der Waals surface area (Å²) >= 11 is 0. The first kappa shape index (κ1) is 13.2. The summed E-state index contributed by atoms with van der Waals surface area (Å²) < 4.78 is 12.7. The van der Waals surface area contributed by atoms with Crippen molar-refractivity contribution in [2.45, 2.75) is 6.54 Å². The molecule has 108 valence electrons. The van der Waals surface area contributed by atoms with Crippen molar-refractivity contribution < 1.29 is 9.47 Å². The molecule has 1 saturated heterocycles. The van der Waals surface area contributed by atoms with Crippen LogP contribution in [0.3, 0.4) is 0 Å². The van der Waals surface area contributed by atoms with Crippen LogP contribution in [0, 0.1) is 0 Å². The first-order valence-corrected chi connectivity index (χ1v) is 6.88. The second kappa shape index (κ2) is 5.68. The molecule has 0 bridgehead atoms. The minimum atomic E-state index is 0.540. The van der Waals surface area contributed by atoms with Crippen LogP contribution in [0.5, 0.6) is 5.75 Å². The number of para-hydroxylation sites is 1. The second-order valence-corrected chi connectivity index (χ2v) is 4.90. The fraction of sp³-hybridized carbons (Fsp3) is 0.500. The van der Waals surface area contributed by atoms with E-state index in [1.165, 1.54) is 0 Å². The SMILES string of the molecule is COc1cccc2c1nc(N)n2CCN1CCOCC1. The highest BCUT2D eigenvalue weighted by atomic mass is 16.5. The summed E-state index contributed by atoms with van der Waals surface area (Å²) in [6.07, 6.45) is 0. The molecule has 2 N–H and O–H groups in total. The molecule has 0 amide bonds. The van der Waals surface area contributed by atoms with Gasteiger partial charge in [-0.3, -0.25) is 4.90 Å². The van der Waals surface area contributed by atoms with E-state index in [2.05, 4.69) is 9.88 Å². The predicted octanol–water partition coefficient (Wildman–Crippen LogP) is 0.959. The topological polar surface area (TPSA) is 65.5 Å². The van der Waals surface area contributed by atoms with Crippen molar-refractivity contribution in [2.75, 3.05) is 45.7 Å². The fourth-order valence-electron chi connectivity index (χ4n) is 2.61. The monoisotopic (exact) mass is 276 g/mol. The molecular formula is C14H20N4O2. The summed E-state index contributed by atoms with van der Waals surface area (Å²) in [4.78, 5) is 6.80. The normalized spacial score (nSPS) is 16.6. The van der Waals surface area contributed by atoms with Gasteiger partial charge >= 0.3 is 0 Å². The van der Waals surface area contributed by atoms with Crippen molar-refractivity contribution in [2.24, 2.45) is 0 Å². The molecule has 2 aromatic rings. The summed E-state index contributed by atoms with van der Waals surface area (Å²) in [5, 5.41) is 0. The highest BCUT2D eigenvalue weighted by Crippen LogP contribution is 2.26. The molecule has 1 aromatic carbocycles. The Morgan fingerprint density at radius 2 is 2.10 bits per heavy atom. The number of morpholine rings is 1. The van der Waals surface area contributed by atoms with E-state index >= 15 is 0 Å². The van der Waals surface area contributed by atoms with Gasteiger partial charge in [0.1, 0.15) is 11.3 Å². The van der Waals surface area contributed by atoms with Gasteiger partial charge in [-0.05, 0) is 12.1 Å². The summed E-state index contributed by atoms with van der Waals surface area (Å²) in [7, 11) is 1.65. The lowest BCUT2D eigenvalue weighted by molar-refractivity contribution is 0.0366. The minimum absolute atomic E-state index is 0.540. The molecule has 1 aliphatic heterocycles. The molecule has 2 heterocycles. The Kier molecular flexibility index (Phi) is 3.75. The molecule has 0 spiro atoms. The number of benzene rings is 1. The van der Waals surface area contributed by atoms with E-state index in [0.29, 0.717) is 5.95 Å². The van der Waals surface area contributed by atoms with Crippen LogP contribution < -0.4 is 10.5 Å². The number of rotatable bonds is 4. The van der Waals surface area contributed by atoms with Gasteiger partial charge in [-0.15, -0.1) is 0 Å². The van der Waals surface area contributed by atoms with Crippen molar-refractivity contribution in [1.29, 1.82) is 0 Å². The third-order valence-electron chi connectivity index (χ3n) is 3.73. The van der Waals surface area contributed by atoms with Crippen LogP contribution >= 0.6 is 0 Å². The van der Waals surface area contributed by atoms with Crippen molar-refractivity contribution in [1.82, 2.24) is 14.5 Å². The van der Waals surface area contributed by atoms with Crippen LogP contribution in [-0.4, -0.2) is 54.4 Å². The average molecular weight is 276 g/mol. The van der Waals surface area contributed by atoms with Crippen molar-refractivity contribution in [3.8, 4) is 5.75 Å². The first-order valence-electron chi connectivity index (χ1n) is 6.88. The zero-order chi connectivity index (χ0) is 13.9. The number of methoxy groups -OCH3 is 1. The van der Waals surface area contributed by atoms with Crippen LogP contribution in [0.25, 0.3) is 11.0 Å². The second-order valence-electron chi connectivity index (χ2n) is 4.90. The Labute approximate surface area is 118 Å². The number of anilines is 1. The Bertz CT molecular complexity index is 590. The fourth-order valence-corrected chi connectivity index (χ4v) is 2.61. The van der Waals surface area contributed by atoms with Crippen LogP contribution in [0.4, 0.5) is 5.95 Å². The summed E-state index contributed by atoms with van der Waals surface area (Å²) in [5.74, 6) is 1.30. The van der Waals surface area contributed by atoms with Gasteiger partial charge in [-0.25, -0.2) is 4.98 Å². The van der Waals surface area contributed by atoms with Crippen molar-refractivity contribution in [3.63, 3.8) is 0 Å². The molecule has 0 unspecified atom stereocenters. The van der Waals surface area contributed by atoms with E-state index in [0.717, 1.165) is 56.2 Å². The molecule has 0 atom stereocenters. The third-order valence-corrected chi connectivity index (χ3v) is 3.73. The van der Waals surface area contributed by atoms with Crippen LogP contribution in [-0.2, 0) is 11.3 Å². The number of imidazole rings is 1. The lowest BCUT2D eigenvalue weighted by Crippen LogP contribution is -2.38. The van der Waals surface area contributed by atoms with Gasteiger partial charge in [0.05, 0.1) is 25.8 Å². The van der Waals surface area contributed by atoms with Crippen molar-refractivity contribution in [3.05, 3.63) is 18.2 Å². The summed E-state index contributed by atoms with van der Waals surface area (Å²) in [6.45, 7) is 5.37. The van der Waals surface area contributed by atoms with Gasteiger partial charge in [0.25, 0.3) is 0 Å². The van der Waals surface area contributed by atoms with Crippen LogP contribution in [0.15, 0.2) is 18.2 Å². The minimum Gasteiger partial charge on any atom is -0.494 e. The highest BCUT2D eigenvalue weighted by molar-refractivity contribution is 5.84. The molecule has 3 rings (SSSR count). The molecule has 1 aliphatic rings. The number of ether oxygens (including phenoxy) is 2. The summed E-state index contributed by atoms with van der Waals surface area (Å²) in [6, 6.07) is 5.90. The average Bonchev–Trinajstić information content (AvgIpc) is 2.81. The maximum atomic E-state index is 6.05. The molecule has 1 fully saturated rings. The molecule has 6 nitrogen and oxygen atoms in total. The summed E-state index contributed by atoms with van der Waals surface area (Å²) in [5.41, 5.74) is 7.90. The van der Waals surface area contributed by atoms with E-state index in [-0.39, 0.29) is 0 Å². The van der Waals surface area contributed by atoms with E-state index < -0.39 is 0 Å². The first-order chi connectivity index (χ1) is 9.79. The van der Waals surface area contributed by atoms with Crippen molar-refractivity contribution >= 4 is 17.0 Å². The van der Waals surface area contributed by atoms with Crippen LogP contribution in [0.1, 0.15) is 0 Å². The predicted molar refractivity (Wildman–Crippen MR) is 78.0 cm³/mol. The van der Waals surface area contributed by atoms with Gasteiger partial charge in [-0.1, -0.05) is 6.07 Å². The Morgan fingerprint density at radius 3 is 2.85 bits per heavy atom. The number of nitrogens with two attached hydrogens (primary N) is 1. The molecular weight excluding hydrogens is 256 g/mol. The maximum absolute atomic E-state index is 6.05. The molecule has 1 aromatic heterocycles. The van der Waals surface area contributed by atoms with E-state index in [4.69, 9.17) is 15.2 Å². The van der Waals surface area contributed by atoms with Gasteiger partial charge in [0.2, 0.25) is 5.95 Å². The quantitative estimate of drug-likeness (QED) is 0.901. The number of nitrogen functional groups attached to an aromatic ring is 1. The maximum Gasteiger partial charge on any atom is 0.201 e. The van der Waals surface area contributed by atoms with E-state index in [9.17, 15) is 0 Å². The van der Waals surface area contributed by atoms with Gasteiger partial charge in [0.15, 0.2) is 0 Å². The smallest absolute Gasteiger partial charge is 0.201 e. The Morgan fingerprint density at radius 1 is 1.30 bits per heavy atom. The molecule has 0 radical (unpaired) electrons. The van der Waals surface area contributed by atoms with Gasteiger partial charge < -0.3 is 19.8 Å². The molecule has 20 heavy (non-hydrogen) atoms. The van der Waals surface area contributed by atoms with Crippen LogP contribution in [0.2, 0.25) is 0 Å². The number of aromatic nitrogens is 2. The Hall–Kier alpha value is -1.79. The Balaban J connectivity index is 1.82. The molecule has 0 saturated carbocycles. The molecule has 6 heteroatoms. The number of hydrogen-bond acceptors (Lipinski definition) is 5. The lowest BCUT2D eigenvalue weighted by atomic mass is 10.3. The third kappa shape index (κ3) is 2.44. The highest BCUT2D eigenvalue weighted by Gasteiger charge is 2.14. The van der Waals surface area contributed by atoms with E-state index in [1.54, 1.807) is 7.11 Å². The zero-order valence-corrected chi connectivity index (χ0v) is 11.7. The van der Waals surface area contributed by atoms with E-state index in [1.807, 2.05) is 22.8 Å². The van der Waals surface area contributed by atoms with Gasteiger partial charge in [-0.2, -0.15) is 0 Å². The standard InChI is InChI=1S/C14H20N4O2/c1-19-12-4-2-3-11-13(12)16-14(15)18(11)6-5-17-7-9-20-10-8-17/h2-4H,5-10H2,1H3,(H2,15,16).